The van der Waals surface area contributed by atoms with E-state index in [-0.39, 0.29) is 34.5 Å². The minimum absolute atomic E-state index is 0.00890. The minimum Gasteiger partial charge on any atom is -0.491 e. The third kappa shape index (κ3) is 2.28. The van der Waals surface area contributed by atoms with Crippen LogP contribution in [0.5, 0.6) is 5.75 Å². The number of hydrogen-bond acceptors (Lipinski definition) is 4. The van der Waals surface area contributed by atoms with Gasteiger partial charge in [0.2, 0.25) is 0 Å². The zero-order chi connectivity index (χ0) is 13.3. The summed E-state index contributed by atoms with van der Waals surface area (Å²) in [5, 5.41) is 0. The highest BCUT2D eigenvalue weighted by Crippen LogP contribution is 2.29. The van der Waals surface area contributed by atoms with Gasteiger partial charge in [-0.3, -0.25) is 4.79 Å². The minimum atomic E-state index is -3.41. The molecule has 7 nitrogen and oxygen atoms in total. The summed E-state index contributed by atoms with van der Waals surface area (Å²) in [7, 11) is -3.41. The number of hydrogen-bond donors (Lipinski definition) is 2. The Kier molecular flexibility index (Phi) is 2.95. The van der Waals surface area contributed by atoms with Crippen LogP contribution >= 0.6 is 0 Å². The first-order chi connectivity index (χ1) is 8.40. The smallest absolute Gasteiger partial charge is 0.280 e. The van der Waals surface area contributed by atoms with Gasteiger partial charge in [0.05, 0.1) is 5.75 Å². The highest BCUT2D eigenvalue weighted by molar-refractivity contribution is 7.91. The molecule has 0 fully saturated rings. The monoisotopic (exact) mass is 269 g/mol. The summed E-state index contributed by atoms with van der Waals surface area (Å²) in [4.78, 5) is 14.9. The Labute approximate surface area is 103 Å². The molecule has 1 aromatic rings. The number of guanidine groups is 1. The zero-order valence-corrected chi connectivity index (χ0v) is 10.1. The fourth-order valence-electron chi connectivity index (χ4n) is 1.56. The number of rotatable bonds is 1. The largest absolute Gasteiger partial charge is 0.491 e. The second-order valence-electron chi connectivity index (χ2n) is 3.67. The molecule has 96 valence electrons. The van der Waals surface area contributed by atoms with Gasteiger partial charge < -0.3 is 16.2 Å². The maximum absolute atomic E-state index is 11.8. The molecule has 0 bridgehead atoms. The van der Waals surface area contributed by atoms with E-state index in [1.807, 2.05) is 0 Å². The Morgan fingerprint density at radius 1 is 1.33 bits per heavy atom. The number of amides is 1. The van der Waals surface area contributed by atoms with Crippen LogP contribution < -0.4 is 16.2 Å². The van der Waals surface area contributed by atoms with Crippen molar-refractivity contribution in [2.24, 2.45) is 16.5 Å². The second-order valence-corrected chi connectivity index (χ2v) is 5.75. The number of fused-ring (bicyclic) bond motifs is 1. The molecule has 4 N–H and O–H groups in total. The third-order valence-electron chi connectivity index (χ3n) is 2.37. The normalized spacial score (nSPS) is 16.2. The van der Waals surface area contributed by atoms with Crippen molar-refractivity contribution in [3.63, 3.8) is 0 Å². The van der Waals surface area contributed by atoms with Crippen molar-refractivity contribution in [3.05, 3.63) is 23.8 Å². The van der Waals surface area contributed by atoms with Crippen molar-refractivity contribution in [3.8, 4) is 5.75 Å². The van der Waals surface area contributed by atoms with Crippen LogP contribution in [0.2, 0.25) is 0 Å². The predicted octanol–water partition coefficient (Wildman–Crippen LogP) is -0.734. The highest BCUT2D eigenvalue weighted by Gasteiger charge is 2.26. The van der Waals surface area contributed by atoms with E-state index >= 15 is 0 Å². The van der Waals surface area contributed by atoms with E-state index < -0.39 is 15.7 Å². The molecule has 18 heavy (non-hydrogen) atoms. The molecule has 1 amide bonds. The zero-order valence-electron chi connectivity index (χ0n) is 9.29. The van der Waals surface area contributed by atoms with Gasteiger partial charge in [0.15, 0.2) is 15.8 Å². The van der Waals surface area contributed by atoms with E-state index in [1.165, 1.54) is 18.2 Å². The summed E-state index contributed by atoms with van der Waals surface area (Å²) >= 11 is 0. The number of ether oxygens (including phenoxy) is 1. The lowest BCUT2D eigenvalue weighted by atomic mass is 10.2. The number of sulfone groups is 1. The molecule has 2 rings (SSSR count). The number of nitrogens with zero attached hydrogens (tertiary/aromatic N) is 1. The van der Waals surface area contributed by atoms with E-state index in [4.69, 9.17) is 16.2 Å². The fourth-order valence-corrected chi connectivity index (χ4v) is 2.82. The van der Waals surface area contributed by atoms with Gasteiger partial charge in [-0.25, -0.2) is 8.42 Å². The van der Waals surface area contributed by atoms with Gasteiger partial charge in [-0.1, -0.05) is 0 Å². The van der Waals surface area contributed by atoms with Crippen LogP contribution in [0.1, 0.15) is 10.4 Å². The van der Waals surface area contributed by atoms with Crippen molar-refractivity contribution < 1.29 is 17.9 Å². The molecule has 8 heteroatoms. The molecule has 0 atom stereocenters. The fraction of sp³-hybridized carbons (Fsp3) is 0.200. The van der Waals surface area contributed by atoms with E-state index in [9.17, 15) is 13.2 Å². The number of carbonyl (C=O) groups is 1. The quantitative estimate of drug-likeness (QED) is 0.511. The van der Waals surface area contributed by atoms with Gasteiger partial charge in [0.25, 0.3) is 5.91 Å². The highest BCUT2D eigenvalue weighted by atomic mass is 32.2. The van der Waals surface area contributed by atoms with Crippen LogP contribution in [0.3, 0.4) is 0 Å². The van der Waals surface area contributed by atoms with Crippen molar-refractivity contribution in [2.75, 3.05) is 12.4 Å². The lowest BCUT2D eigenvalue weighted by Crippen LogP contribution is -2.24. The molecular weight excluding hydrogens is 258 g/mol. The Morgan fingerprint density at radius 2 is 2.06 bits per heavy atom. The lowest BCUT2D eigenvalue weighted by molar-refractivity contribution is 0.100. The van der Waals surface area contributed by atoms with Crippen molar-refractivity contribution in [1.82, 2.24) is 0 Å². The summed E-state index contributed by atoms with van der Waals surface area (Å²) in [5.74, 6) is -0.946. The topological polar surface area (TPSA) is 125 Å². The molecule has 1 heterocycles. The molecule has 1 aliphatic rings. The Balaban J connectivity index is 2.50. The van der Waals surface area contributed by atoms with E-state index in [0.717, 1.165) is 0 Å². The van der Waals surface area contributed by atoms with Gasteiger partial charge in [-0.2, -0.15) is 4.99 Å². The van der Waals surface area contributed by atoms with Gasteiger partial charge >= 0.3 is 0 Å². The average Bonchev–Trinajstić information content (AvgIpc) is 2.27. The van der Waals surface area contributed by atoms with Gasteiger partial charge in [-0.05, 0) is 18.2 Å². The Morgan fingerprint density at radius 3 is 2.72 bits per heavy atom. The van der Waals surface area contributed by atoms with Crippen LogP contribution in [0.15, 0.2) is 28.1 Å². The molecule has 0 aromatic heterocycles. The molecule has 1 aromatic carbocycles. The summed E-state index contributed by atoms with van der Waals surface area (Å²) < 4.78 is 28.8. The van der Waals surface area contributed by atoms with Gasteiger partial charge in [0.1, 0.15) is 17.3 Å². The molecule has 0 aliphatic carbocycles. The number of benzene rings is 1. The molecule has 0 radical (unpaired) electrons. The van der Waals surface area contributed by atoms with Crippen LogP contribution in [0.4, 0.5) is 0 Å². The van der Waals surface area contributed by atoms with E-state index in [2.05, 4.69) is 4.99 Å². The Bertz CT molecular complexity index is 633. The maximum Gasteiger partial charge on any atom is 0.280 e. The summed E-state index contributed by atoms with van der Waals surface area (Å²) in [5.41, 5.74) is 10.3. The second kappa shape index (κ2) is 4.30. The summed E-state index contributed by atoms with van der Waals surface area (Å²) in [6, 6.07) is 4.05. The molecule has 0 saturated heterocycles. The van der Waals surface area contributed by atoms with Gasteiger partial charge in [-0.15, -0.1) is 0 Å². The first-order valence-electron chi connectivity index (χ1n) is 5.04. The van der Waals surface area contributed by atoms with Crippen molar-refractivity contribution >= 4 is 21.7 Å². The van der Waals surface area contributed by atoms with Crippen LogP contribution in [-0.4, -0.2) is 32.6 Å². The summed E-state index contributed by atoms with van der Waals surface area (Å²) in [6.07, 6.45) is 0. The Hall–Kier alpha value is -2.09. The first kappa shape index (κ1) is 12.4. The third-order valence-corrected chi connectivity index (χ3v) is 4.06. The molecular formula is C10H11N3O4S. The van der Waals surface area contributed by atoms with Crippen molar-refractivity contribution in [1.29, 1.82) is 0 Å². The SMILES string of the molecule is NC(N)=NC(=O)c1ccc2c(c1)S(=O)(=O)CCO2. The standard InChI is InChI=1S/C10H11N3O4S/c11-10(12)13-9(14)6-1-2-7-8(5-6)18(15,16)4-3-17-7/h1-2,5H,3-4H2,(H4,11,12,13,14). The van der Waals surface area contributed by atoms with E-state index in [1.54, 1.807) is 0 Å². The molecule has 0 unspecified atom stereocenters. The molecule has 1 aliphatic heterocycles. The number of carbonyl (C=O) groups excluding carboxylic acids is 1. The molecule has 0 spiro atoms. The number of nitrogens with two attached hydrogens (primary N) is 2. The average molecular weight is 269 g/mol. The first-order valence-corrected chi connectivity index (χ1v) is 6.69. The van der Waals surface area contributed by atoms with Gasteiger partial charge in [0, 0.05) is 5.56 Å². The van der Waals surface area contributed by atoms with Crippen LogP contribution in [-0.2, 0) is 9.84 Å². The summed E-state index contributed by atoms with van der Waals surface area (Å²) in [6.45, 7) is 0.108. The van der Waals surface area contributed by atoms with Crippen molar-refractivity contribution in [2.45, 2.75) is 4.90 Å². The van der Waals surface area contributed by atoms with E-state index in [0.29, 0.717) is 0 Å². The molecule has 0 saturated carbocycles. The maximum atomic E-state index is 11.8. The predicted molar refractivity (Wildman–Crippen MR) is 64.1 cm³/mol. The number of aliphatic imine (C=N–C) groups is 1. The van der Waals surface area contributed by atoms with Crippen LogP contribution in [0, 0.1) is 0 Å². The van der Waals surface area contributed by atoms with Crippen LogP contribution in [0.25, 0.3) is 0 Å². The lowest BCUT2D eigenvalue weighted by Gasteiger charge is -2.17.